The Hall–Kier alpha value is -2.23. The molecule has 1 aromatic heterocycles. The number of hydrogen-bond acceptors (Lipinski definition) is 4. The molecule has 0 fully saturated rings. The van der Waals surface area contributed by atoms with Crippen molar-refractivity contribution in [3.8, 4) is 5.75 Å². The molecule has 2 aromatic rings. The van der Waals surface area contributed by atoms with E-state index in [1.54, 1.807) is 18.2 Å². The van der Waals surface area contributed by atoms with Gasteiger partial charge in [-0.3, -0.25) is 9.59 Å². The second-order valence-electron chi connectivity index (χ2n) is 5.70. The van der Waals surface area contributed by atoms with Crippen LogP contribution in [0, 0.1) is 0 Å². The second-order valence-corrected chi connectivity index (χ2v) is 6.49. The number of amides is 1. The molecular weight excluding hydrogens is 424 g/mol. The van der Waals surface area contributed by atoms with Gasteiger partial charge in [0.15, 0.2) is 0 Å². The second kappa shape index (κ2) is 9.31. The van der Waals surface area contributed by atoms with Crippen molar-refractivity contribution < 1.29 is 27.8 Å². The average Bonchev–Trinajstić information content (AvgIpc) is 2.62. The molecule has 11 heteroatoms. The third-order valence-corrected chi connectivity index (χ3v) is 4.31. The molecule has 1 aromatic carbocycles. The number of pyridine rings is 1. The van der Waals surface area contributed by atoms with Gasteiger partial charge in [-0.25, -0.2) is 0 Å². The predicted octanol–water partition coefficient (Wildman–Crippen LogP) is 2.73. The summed E-state index contributed by atoms with van der Waals surface area (Å²) in [5, 5.41) is 12.6. The number of hydrogen-bond donors (Lipinski definition) is 2. The molecule has 0 bridgehead atoms. The van der Waals surface area contributed by atoms with E-state index in [-0.39, 0.29) is 28.9 Å². The van der Waals surface area contributed by atoms with Crippen LogP contribution in [0.25, 0.3) is 0 Å². The van der Waals surface area contributed by atoms with Crippen LogP contribution >= 0.6 is 23.2 Å². The molecule has 0 saturated heterocycles. The highest BCUT2D eigenvalue weighted by Gasteiger charge is 2.31. The van der Waals surface area contributed by atoms with Crippen molar-refractivity contribution in [1.82, 2.24) is 9.88 Å². The first-order valence-corrected chi connectivity index (χ1v) is 8.63. The zero-order valence-corrected chi connectivity index (χ0v) is 15.7. The molecule has 0 saturated carbocycles. The summed E-state index contributed by atoms with van der Waals surface area (Å²) in [7, 11) is 0. The minimum Gasteiger partial charge on any atom is -0.489 e. The van der Waals surface area contributed by atoms with Gasteiger partial charge in [0.1, 0.15) is 30.0 Å². The van der Waals surface area contributed by atoms with Gasteiger partial charge in [-0.1, -0.05) is 29.3 Å². The summed E-state index contributed by atoms with van der Waals surface area (Å²) in [5.74, 6) is -0.503. The van der Waals surface area contributed by atoms with E-state index in [0.29, 0.717) is 16.8 Å². The molecular formula is C17H15Cl2F3N2O4. The summed E-state index contributed by atoms with van der Waals surface area (Å²) >= 11 is 11.8. The van der Waals surface area contributed by atoms with E-state index in [1.165, 1.54) is 0 Å². The monoisotopic (exact) mass is 438 g/mol. The summed E-state index contributed by atoms with van der Waals surface area (Å²) < 4.78 is 44.0. The summed E-state index contributed by atoms with van der Waals surface area (Å²) in [6.45, 7) is -1.09. The van der Waals surface area contributed by atoms with Gasteiger partial charge >= 0.3 is 6.18 Å². The molecule has 1 amide bonds. The summed E-state index contributed by atoms with van der Waals surface area (Å²) in [6, 6.07) is 6.07. The van der Waals surface area contributed by atoms with Gasteiger partial charge in [-0.2, -0.15) is 13.2 Å². The molecule has 1 heterocycles. The molecule has 0 aliphatic carbocycles. The molecule has 0 aliphatic rings. The minimum atomic E-state index is -4.64. The third kappa shape index (κ3) is 6.15. The van der Waals surface area contributed by atoms with E-state index >= 15 is 0 Å². The van der Waals surface area contributed by atoms with Crippen molar-refractivity contribution >= 4 is 29.1 Å². The smallest absolute Gasteiger partial charge is 0.417 e. The number of ether oxygens (including phenoxy) is 1. The fourth-order valence-electron chi connectivity index (χ4n) is 2.11. The number of aliphatic hydroxyl groups is 1. The molecule has 28 heavy (non-hydrogen) atoms. The maximum atomic E-state index is 12.7. The van der Waals surface area contributed by atoms with E-state index in [0.717, 1.165) is 6.07 Å². The number of aliphatic hydroxyl groups excluding tert-OH is 1. The molecule has 0 radical (unpaired) electrons. The quantitative estimate of drug-likeness (QED) is 0.696. The number of benzene rings is 1. The van der Waals surface area contributed by atoms with Gasteiger partial charge in [0.25, 0.3) is 5.56 Å². The van der Waals surface area contributed by atoms with Gasteiger partial charge in [-0.05, 0) is 18.2 Å². The van der Waals surface area contributed by atoms with Crippen LogP contribution in [0.15, 0.2) is 41.3 Å². The van der Waals surface area contributed by atoms with Crippen LogP contribution in [0.1, 0.15) is 5.56 Å². The summed E-state index contributed by atoms with van der Waals surface area (Å²) in [5.41, 5.74) is -1.81. The Morgan fingerprint density at radius 3 is 2.64 bits per heavy atom. The maximum absolute atomic E-state index is 12.7. The minimum absolute atomic E-state index is 0.171. The lowest BCUT2D eigenvalue weighted by Crippen LogP contribution is -2.38. The number of alkyl halides is 3. The van der Waals surface area contributed by atoms with Crippen molar-refractivity contribution in [1.29, 1.82) is 0 Å². The Morgan fingerprint density at radius 1 is 1.25 bits per heavy atom. The summed E-state index contributed by atoms with van der Waals surface area (Å²) in [4.78, 5) is 23.5. The fourth-order valence-corrected chi connectivity index (χ4v) is 2.45. The molecule has 6 nitrogen and oxygen atoms in total. The SMILES string of the molecule is O=C(Cn1cc(C(F)(F)F)ccc1=O)NCC(O)COc1cccc(Cl)c1Cl. The number of nitrogens with zero attached hydrogens (tertiary/aromatic N) is 1. The zero-order valence-electron chi connectivity index (χ0n) is 14.2. The largest absolute Gasteiger partial charge is 0.489 e. The molecule has 0 aliphatic heterocycles. The molecule has 152 valence electrons. The first-order chi connectivity index (χ1) is 13.1. The number of nitrogens with one attached hydrogen (secondary N) is 1. The van der Waals surface area contributed by atoms with Crippen LogP contribution in [0.5, 0.6) is 5.75 Å². The van der Waals surface area contributed by atoms with E-state index < -0.39 is 35.9 Å². The Balaban J connectivity index is 1.87. The lowest BCUT2D eigenvalue weighted by molar-refractivity contribution is -0.138. The van der Waals surface area contributed by atoms with Crippen LogP contribution in [-0.4, -0.2) is 34.8 Å². The topological polar surface area (TPSA) is 80.6 Å². The Kier molecular flexibility index (Phi) is 7.34. The maximum Gasteiger partial charge on any atom is 0.417 e. The third-order valence-electron chi connectivity index (χ3n) is 3.51. The van der Waals surface area contributed by atoms with Crippen molar-refractivity contribution in [2.24, 2.45) is 0 Å². The van der Waals surface area contributed by atoms with Crippen LogP contribution < -0.4 is 15.6 Å². The molecule has 1 atom stereocenters. The normalized spacial score (nSPS) is 12.5. The van der Waals surface area contributed by atoms with Gasteiger partial charge in [0.2, 0.25) is 5.91 Å². The number of aromatic nitrogens is 1. The van der Waals surface area contributed by atoms with E-state index in [9.17, 15) is 27.9 Å². The first-order valence-electron chi connectivity index (χ1n) is 7.87. The number of carbonyl (C=O) groups is 1. The highest BCUT2D eigenvalue weighted by molar-refractivity contribution is 6.42. The lowest BCUT2D eigenvalue weighted by Gasteiger charge is -2.15. The summed E-state index contributed by atoms with van der Waals surface area (Å²) in [6.07, 6.45) is -5.21. The van der Waals surface area contributed by atoms with E-state index in [1.807, 2.05) is 0 Å². The highest BCUT2D eigenvalue weighted by Crippen LogP contribution is 2.31. The lowest BCUT2D eigenvalue weighted by atomic mass is 10.2. The average molecular weight is 439 g/mol. The number of rotatable bonds is 7. The number of halogens is 5. The van der Waals surface area contributed by atoms with Crippen LogP contribution in [0.3, 0.4) is 0 Å². The molecule has 1 unspecified atom stereocenters. The Labute approximate surface area is 167 Å². The zero-order chi connectivity index (χ0) is 20.9. The van der Waals surface area contributed by atoms with Crippen LogP contribution in [-0.2, 0) is 17.5 Å². The molecule has 2 rings (SSSR count). The highest BCUT2D eigenvalue weighted by atomic mass is 35.5. The fraction of sp³-hybridized carbons (Fsp3) is 0.294. The van der Waals surface area contributed by atoms with Crippen molar-refractivity contribution in [3.05, 3.63) is 62.5 Å². The van der Waals surface area contributed by atoms with E-state index in [4.69, 9.17) is 27.9 Å². The molecule has 0 spiro atoms. The van der Waals surface area contributed by atoms with Gasteiger partial charge < -0.3 is 19.7 Å². The van der Waals surface area contributed by atoms with Crippen molar-refractivity contribution in [3.63, 3.8) is 0 Å². The van der Waals surface area contributed by atoms with E-state index in [2.05, 4.69) is 5.32 Å². The Morgan fingerprint density at radius 2 is 1.96 bits per heavy atom. The Bertz CT molecular complexity index is 903. The van der Waals surface area contributed by atoms with Crippen LogP contribution in [0.4, 0.5) is 13.2 Å². The van der Waals surface area contributed by atoms with Crippen molar-refractivity contribution in [2.45, 2.75) is 18.8 Å². The standard InChI is InChI=1S/C17H15Cl2F3N2O4/c18-12-2-1-3-13(16(12)19)28-9-11(25)6-23-14(26)8-24-7-10(17(20,21)22)4-5-15(24)27/h1-5,7,11,25H,6,8-9H2,(H,23,26). The van der Waals surface area contributed by atoms with Gasteiger partial charge in [-0.15, -0.1) is 0 Å². The first kappa shape index (κ1) is 22.1. The molecule has 2 N–H and O–H groups in total. The predicted molar refractivity (Wildman–Crippen MR) is 96.7 cm³/mol. The van der Waals surface area contributed by atoms with Gasteiger partial charge in [0, 0.05) is 18.8 Å². The van der Waals surface area contributed by atoms with Crippen molar-refractivity contribution in [2.75, 3.05) is 13.2 Å². The van der Waals surface area contributed by atoms with Crippen LogP contribution in [0.2, 0.25) is 10.0 Å². The number of carbonyl (C=O) groups excluding carboxylic acids is 1. The van der Waals surface area contributed by atoms with Gasteiger partial charge in [0.05, 0.1) is 10.6 Å².